The lowest BCUT2D eigenvalue weighted by molar-refractivity contribution is 1.08. The molecule has 0 aliphatic carbocycles. The van der Waals surface area contributed by atoms with Gasteiger partial charge < -0.3 is 11.1 Å². The molecule has 0 atom stereocenters. The first-order valence-electron chi connectivity index (χ1n) is 3.15. The van der Waals surface area contributed by atoms with E-state index >= 15 is 0 Å². The third-order valence-corrected chi connectivity index (χ3v) is 1.72. The zero-order valence-electron chi connectivity index (χ0n) is 6.07. The molecule has 3 nitrogen and oxygen atoms in total. The van der Waals surface area contributed by atoms with E-state index in [4.69, 9.17) is 34.3 Å². The molecule has 64 valence electrons. The summed E-state index contributed by atoms with van der Waals surface area (Å²) in [4.78, 5) is 0. The Hall–Kier alpha value is -0.930. The van der Waals surface area contributed by atoms with E-state index in [-0.39, 0.29) is 5.84 Å². The van der Waals surface area contributed by atoms with Crippen LogP contribution in [-0.4, -0.2) is 5.84 Å². The van der Waals surface area contributed by atoms with Crippen molar-refractivity contribution in [1.82, 2.24) is 5.32 Å². The van der Waals surface area contributed by atoms with Gasteiger partial charge in [0.05, 0.1) is 15.8 Å². The fraction of sp³-hybridized carbons (Fsp3) is 0. The lowest BCUT2D eigenvalue weighted by Gasteiger charge is -2.10. The second-order valence-electron chi connectivity index (χ2n) is 2.18. The molecule has 0 bridgehead atoms. The van der Waals surface area contributed by atoms with Crippen LogP contribution in [0.15, 0.2) is 34.1 Å². The topological polar surface area (TPSA) is 61.9 Å². The highest BCUT2D eigenvalue weighted by atomic mass is 35.5. The van der Waals surface area contributed by atoms with Gasteiger partial charge in [0.1, 0.15) is 5.84 Å². The fourth-order valence-electron chi connectivity index (χ4n) is 0.722. The van der Waals surface area contributed by atoms with Crippen molar-refractivity contribution in [1.29, 1.82) is 5.41 Å². The minimum atomic E-state index is -0.0597. The number of halogens is 2. The van der Waals surface area contributed by atoms with E-state index in [1.54, 1.807) is 12.3 Å². The number of nitrogens with one attached hydrogen (secondary N) is 2. The van der Waals surface area contributed by atoms with Crippen LogP contribution in [0.2, 0.25) is 0 Å². The Balaban J connectivity index is 2.88. The van der Waals surface area contributed by atoms with Gasteiger partial charge in [-0.1, -0.05) is 23.2 Å². The van der Waals surface area contributed by atoms with Crippen molar-refractivity contribution < 1.29 is 0 Å². The van der Waals surface area contributed by atoms with Crippen molar-refractivity contribution >= 4 is 29.0 Å². The first kappa shape index (κ1) is 9.16. The third kappa shape index (κ3) is 2.29. The molecule has 1 heterocycles. The van der Waals surface area contributed by atoms with Crippen molar-refractivity contribution in [2.45, 2.75) is 0 Å². The van der Waals surface area contributed by atoms with Crippen LogP contribution in [-0.2, 0) is 0 Å². The molecule has 0 amide bonds. The number of dihydropyridines is 1. The number of allylic oxidation sites excluding steroid dienone is 3. The van der Waals surface area contributed by atoms with Gasteiger partial charge in [-0.05, 0) is 6.08 Å². The Labute approximate surface area is 80.0 Å². The van der Waals surface area contributed by atoms with Gasteiger partial charge >= 0.3 is 0 Å². The van der Waals surface area contributed by atoms with E-state index in [1.807, 2.05) is 0 Å². The van der Waals surface area contributed by atoms with Gasteiger partial charge in [0.15, 0.2) is 0 Å². The summed E-state index contributed by atoms with van der Waals surface area (Å²) in [6.07, 6.45) is 4.56. The van der Waals surface area contributed by atoms with Crippen LogP contribution in [0.3, 0.4) is 0 Å². The van der Waals surface area contributed by atoms with E-state index in [0.29, 0.717) is 15.8 Å². The van der Waals surface area contributed by atoms with Gasteiger partial charge in [-0.3, -0.25) is 5.41 Å². The zero-order valence-corrected chi connectivity index (χ0v) is 7.58. The van der Waals surface area contributed by atoms with E-state index in [0.717, 1.165) is 0 Å². The largest absolute Gasteiger partial charge is 0.384 e. The van der Waals surface area contributed by atoms with Crippen molar-refractivity contribution in [3.8, 4) is 0 Å². The van der Waals surface area contributed by atoms with E-state index in [9.17, 15) is 0 Å². The van der Waals surface area contributed by atoms with E-state index in [2.05, 4.69) is 5.32 Å². The van der Waals surface area contributed by atoms with Gasteiger partial charge in [0.25, 0.3) is 0 Å². The number of rotatable bonds is 1. The molecule has 0 unspecified atom stereocenters. The number of amidine groups is 1. The lowest BCUT2D eigenvalue weighted by atomic mass is 10.3. The van der Waals surface area contributed by atoms with Gasteiger partial charge in [0.2, 0.25) is 0 Å². The molecule has 0 aromatic carbocycles. The Morgan fingerprint density at radius 2 is 2.25 bits per heavy atom. The summed E-state index contributed by atoms with van der Waals surface area (Å²) >= 11 is 11.4. The summed E-state index contributed by atoms with van der Waals surface area (Å²) in [7, 11) is 0. The SMILES string of the molecule is N=C(N)C=C1NC=C(Cl)C=C1Cl. The second kappa shape index (κ2) is 3.65. The molecule has 0 aromatic heterocycles. The molecule has 12 heavy (non-hydrogen) atoms. The fourth-order valence-corrected chi connectivity index (χ4v) is 1.17. The van der Waals surface area contributed by atoms with Crippen LogP contribution in [0.4, 0.5) is 0 Å². The van der Waals surface area contributed by atoms with Gasteiger partial charge in [0, 0.05) is 12.3 Å². The summed E-state index contributed by atoms with van der Waals surface area (Å²) < 4.78 is 0. The molecule has 1 rings (SSSR count). The maximum absolute atomic E-state index is 6.99. The van der Waals surface area contributed by atoms with Crippen LogP contribution >= 0.6 is 23.2 Å². The first-order valence-corrected chi connectivity index (χ1v) is 3.90. The van der Waals surface area contributed by atoms with Crippen molar-refractivity contribution in [3.63, 3.8) is 0 Å². The minimum absolute atomic E-state index is 0.0597. The molecule has 0 fully saturated rings. The molecule has 5 heteroatoms. The van der Waals surface area contributed by atoms with Crippen molar-refractivity contribution in [2.24, 2.45) is 5.73 Å². The van der Waals surface area contributed by atoms with Crippen LogP contribution < -0.4 is 11.1 Å². The standard InChI is InChI=1S/C7H7Cl2N3/c8-4-1-5(9)6(12-3-4)2-7(10)11/h1-3,12H,(H3,10,11). The summed E-state index contributed by atoms with van der Waals surface area (Å²) in [5, 5.41) is 10.7. The molecule has 0 radical (unpaired) electrons. The van der Waals surface area contributed by atoms with Crippen LogP contribution in [0.1, 0.15) is 0 Å². The van der Waals surface area contributed by atoms with Gasteiger partial charge in [-0.25, -0.2) is 0 Å². The van der Waals surface area contributed by atoms with Gasteiger partial charge in [-0.2, -0.15) is 0 Å². The van der Waals surface area contributed by atoms with Crippen LogP contribution in [0.5, 0.6) is 0 Å². The molecule has 1 aliphatic rings. The highest BCUT2D eigenvalue weighted by Crippen LogP contribution is 2.20. The molecule has 0 saturated carbocycles. The normalized spacial score (nSPS) is 19.7. The smallest absolute Gasteiger partial charge is 0.117 e. The maximum atomic E-state index is 6.99. The molecule has 0 aromatic rings. The average Bonchev–Trinajstić information content (AvgIpc) is 1.94. The minimum Gasteiger partial charge on any atom is -0.384 e. The monoisotopic (exact) mass is 203 g/mol. The maximum Gasteiger partial charge on any atom is 0.117 e. The summed E-state index contributed by atoms with van der Waals surface area (Å²) in [6.45, 7) is 0. The molecular weight excluding hydrogens is 197 g/mol. The van der Waals surface area contributed by atoms with Crippen LogP contribution in [0, 0.1) is 5.41 Å². The highest BCUT2D eigenvalue weighted by Gasteiger charge is 2.06. The molecule has 0 spiro atoms. The number of nitrogens with two attached hydrogens (primary N) is 1. The number of hydrogen-bond acceptors (Lipinski definition) is 2. The van der Waals surface area contributed by atoms with E-state index < -0.39 is 0 Å². The molecule has 0 saturated heterocycles. The lowest BCUT2D eigenvalue weighted by Crippen LogP contribution is -2.14. The summed E-state index contributed by atoms with van der Waals surface area (Å²) in [5.41, 5.74) is 5.72. The molecular formula is C7H7Cl2N3. The Bertz CT molecular complexity index is 302. The predicted octanol–water partition coefficient (Wildman–Crippen LogP) is 1.61. The third-order valence-electron chi connectivity index (χ3n) is 1.19. The zero-order chi connectivity index (χ0) is 9.14. The van der Waals surface area contributed by atoms with Crippen molar-refractivity contribution in [3.05, 3.63) is 34.1 Å². The highest BCUT2D eigenvalue weighted by molar-refractivity contribution is 6.36. The van der Waals surface area contributed by atoms with Crippen molar-refractivity contribution in [2.75, 3.05) is 0 Å². The van der Waals surface area contributed by atoms with Gasteiger partial charge in [-0.15, -0.1) is 0 Å². The van der Waals surface area contributed by atoms with E-state index in [1.165, 1.54) is 6.08 Å². The quantitative estimate of drug-likeness (QED) is 0.448. The summed E-state index contributed by atoms with van der Waals surface area (Å²) in [5.74, 6) is -0.0597. The number of hydrogen-bond donors (Lipinski definition) is 3. The Morgan fingerprint density at radius 3 is 2.75 bits per heavy atom. The molecule has 4 N–H and O–H groups in total. The Kier molecular flexibility index (Phi) is 2.78. The Morgan fingerprint density at radius 1 is 1.58 bits per heavy atom. The molecule has 1 aliphatic heterocycles. The summed E-state index contributed by atoms with van der Waals surface area (Å²) in [6, 6.07) is 0. The average molecular weight is 204 g/mol. The second-order valence-corrected chi connectivity index (χ2v) is 3.02. The predicted molar refractivity (Wildman–Crippen MR) is 51.0 cm³/mol. The first-order chi connectivity index (χ1) is 5.59. The van der Waals surface area contributed by atoms with Crippen LogP contribution in [0.25, 0.3) is 0 Å².